The summed E-state index contributed by atoms with van der Waals surface area (Å²) in [7, 11) is 1.55. The first kappa shape index (κ1) is 24.4. The number of amides is 2. The largest absolute Gasteiger partial charge is 0.497 e. The van der Waals surface area contributed by atoms with Gasteiger partial charge in [0, 0.05) is 11.1 Å². The quantitative estimate of drug-likeness (QED) is 0.341. The van der Waals surface area contributed by atoms with E-state index in [-0.39, 0.29) is 30.1 Å². The predicted octanol–water partition coefficient (Wildman–Crippen LogP) is 5.21. The van der Waals surface area contributed by atoms with E-state index < -0.39 is 11.8 Å². The zero-order valence-electron chi connectivity index (χ0n) is 19.8. The molecule has 3 aromatic carbocycles. The second-order valence-corrected chi connectivity index (χ2v) is 8.16. The summed E-state index contributed by atoms with van der Waals surface area (Å²) >= 11 is 0. The van der Waals surface area contributed by atoms with Gasteiger partial charge in [0.25, 0.3) is 11.8 Å². The molecular formula is C29H23FN2O4. The molecule has 0 atom stereocenters. The molecule has 7 heteroatoms. The average Bonchev–Trinajstić information content (AvgIpc) is 2.90. The minimum Gasteiger partial charge on any atom is -0.497 e. The molecule has 0 saturated heterocycles. The van der Waals surface area contributed by atoms with E-state index in [0.717, 1.165) is 10.5 Å². The number of carbonyl (C=O) groups is 2. The molecule has 4 rings (SSSR count). The zero-order valence-corrected chi connectivity index (χ0v) is 19.8. The lowest BCUT2D eigenvalue weighted by atomic mass is 9.93. The van der Waals surface area contributed by atoms with E-state index >= 15 is 0 Å². The normalized spacial score (nSPS) is 14.7. The van der Waals surface area contributed by atoms with Gasteiger partial charge in [0.05, 0.1) is 13.7 Å². The number of ether oxygens (including phenoxy) is 2. The van der Waals surface area contributed by atoms with Gasteiger partial charge in [-0.15, -0.1) is 0 Å². The van der Waals surface area contributed by atoms with Crippen LogP contribution in [0, 0.1) is 17.1 Å². The second kappa shape index (κ2) is 10.7. The minimum absolute atomic E-state index is 0.0281. The third kappa shape index (κ3) is 5.18. The maximum Gasteiger partial charge on any atom is 0.271 e. The van der Waals surface area contributed by atoms with Gasteiger partial charge in [-0.2, -0.15) is 5.26 Å². The van der Waals surface area contributed by atoms with Crippen LogP contribution in [0.1, 0.15) is 23.6 Å². The Morgan fingerprint density at radius 1 is 0.944 bits per heavy atom. The van der Waals surface area contributed by atoms with Gasteiger partial charge < -0.3 is 9.47 Å². The molecule has 0 aromatic heterocycles. The van der Waals surface area contributed by atoms with Gasteiger partial charge in [0.15, 0.2) is 0 Å². The van der Waals surface area contributed by atoms with Gasteiger partial charge >= 0.3 is 0 Å². The highest BCUT2D eigenvalue weighted by Gasteiger charge is 2.35. The maximum atomic E-state index is 13.8. The molecule has 3 aromatic rings. The smallest absolute Gasteiger partial charge is 0.271 e. The van der Waals surface area contributed by atoms with E-state index in [1.165, 1.54) is 6.07 Å². The van der Waals surface area contributed by atoms with Crippen LogP contribution in [0.2, 0.25) is 0 Å². The fraction of sp³-hybridized carbons (Fsp3) is 0.138. The predicted molar refractivity (Wildman–Crippen MR) is 132 cm³/mol. The third-order valence-electron chi connectivity index (χ3n) is 5.87. The van der Waals surface area contributed by atoms with Gasteiger partial charge in [0.2, 0.25) is 0 Å². The molecule has 2 amide bonds. The van der Waals surface area contributed by atoms with E-state index in [9.17, 15) is 19.2 Å². The Morgan fingerprint density at radius 2 is 1.61 bits per heavy atom. The number of imide groups is 1. The summed E-state index contributed by atoms with van der Waals surface area (Å²) in [6.45, 7) is 1.71. The molecule has 0 bridgehead atoms. The molecule has 6 nitrogen and oxygen atoms in total. The van der Waals surface area contributed by atoms with Gasteiger partial charge in [-0.1, -0.05) is 42.5 Å². The van der Waals surface area contributed by atoms with Crippen LogP contribution < -0.4 is 9.47 Å². The summed E-state index contributed by atoms with van der Waals surface area (Å²) in [5, 5.41) is 9.61. The molecule has 1 heterocycles. The number of nitriles is 1. The highest BCUT2D eigenvalue weighted by molar-refractivity contribution is 6.19. The Hall–Kier alpha value is -4.70. The standard InChI is InChI=1S/C29H23FN2O4/c1-19-25(15-20-7-13-24(14-8-20)36-18-22-5-3-4-6-27(22)30)28(33)32(29(34)26(19)16-31)17-21-9-11-23(35-2)12-10-21/h3-15H,17-18H2,1-2H3/b25-15+. The molecule has 0 spiro atoms. The number of halogens is 1. The molecule has 0 radical (unpaired) electrons. The highest BCUT2D eigenvalue weighted by atomic mass is 19.1. The van der Waals surface area contributed by atoms with Gasteiger partial charge in [-0.05, 0) is 60.0 Å². The van der Waals surface area contributed by atoms with Crippen molar-refractivity contribution in [1.82, 2.24) is 4.90 Å². The van der Waals surface area contributed by atoms with Gasteiger partial charge in [-0.3, -0.25) is 14.5 Å². The Balaban J connectivity index is 1.56. The van der Waals surface area contributed by atoms with Crippen LogP contribution in [0.5, 0.6) is 11.5 Å². The molecule has 0 N–H and O–H groups in total. The van der Waals surface area contributed by atoms with Crippen molar-refractivity contribution < 1.29 is 23.5 Å². The van der Waals surface area contributed by atoms with E-state index in [1.54, 1.807) is 86.8 Å². The Bertz CT molecular complexity index is 1400. The number of benzene rings is 3. The number of hydrogen-bond acceptors (Lipinski definition) is 5. The molecule has 0 fully saturated rings. The number of rotatable bonds is 7. The average molecular weight is 483 g/mol. The van der Waals surface area contributed by atoms with Crippen molar-refractivity contribution in [3.8, 4) is 17.6 Å². The lowest BCUT2D eigenvalue weighted by molar-refractivity contribution is -0.141. The minimum atomic E-state index is -0.620. The van der Waals surface area contributed by atoms with Gasteiger partial charge in [0.1, 0.15) is 35.6 Å². The first-order valence-corrected chi connectivity index (χ1v) is 11.2. The monoisotopic (exact) mass is 482 g/mol. The van der Waals surface area contributed by atoms with Crippen LogP contribution in [0.4, 0.5) is 4.39 Å². The molecule has 180 valence electrons. The van der Waals surface area contributed by atoms with E-state index in [2.05, 4.69) is 0 Å². The highest BCUT2D eigenvalue weighted by Crippen LogP contribution is 2.29. The van der Waals surface area contributed by atoms with Crippen LogP contribution in [0.15, 0.2) is 89.5 Å². The molecule has 0 unspecified atom stereocenters. The lowest BCUT2D eigenvalue weighted by Gasteiger charge is -2.27. The zero-order chi connectivity index (χ0) is 25.7. The van der Waals surface area contributed by atoms with Crippen molar-refractivity contribution in [3.63, 3.8) is 0 Å². The van der Waals surface area contributed by atoms with E-state index in [1.807, 2.05) is 6.07 Å². The fourth-order valence-electron chi connectivity index (χ4n) is 3.79. The first-order valence-electron chi connectivity index (χ1n) is 11.2. The Morgan fingerprint density at radius 3 is 2.25 bits per heavy atom. The fourth-order valence-corrected chi connectivity index (χ4v) is 3.79. The first-order chi connectivity index (χ1) is 17.4. The molecule has 1 aliphatic heterocycles. The van der Waals surface area contributed by atoms with Crippen molar-refractivity contribution in [3.05, 3.63) is 112 Å². The van der Waals surface area contributed by atoms with Crippen molar-refractivity contribution >= 4 is 17.9 Å². The van der Waals surface area contributed by atoms with E-state index in [0.29, 0.717) is 28.2 Å². The molecule has 36 heavy (non-hydrogen) atoms. The molecular weight excluding hydrogens is 459 g/mol. The van der Waals surface area contributed by atoms with Crippen LogP contribution in [0.25, 0.3) is 6.08 Å². The van der Waals surface area contributed by atoms with Gasteiger partial charge in [-0.25, -0.2) is 4.39 Å². The van der Waals surface area contributed by atoms with Crippen LogP contribution in [-0.2, 0) is 22.7 Å². The van der Waals surface area contributed by atoms with Crippen LogP contribution >= 0.6 is 0 Å². The number of carbonyl (C=O) groups excluding carboxylic acids is 2. The van der Waals surface area contributed by atoms with Crippen molar-refractivity contribution in [1.29, 1.82) is 5.26 Å². The maximum absolute atomic E-state index is 13.8. The van der Waals surface area contributed by atoms with Crippen molar-refractivity contribution in [2.24, 2.45) is 0 Å². The number of hydrogen-bond donors (Lipinski definition) is 0. The Kier molecular flexibility index (Phi) is 7.26. The molecule has 1 aliphatic rings. The Labute approximate surface area is 208 Å². The second-order valence-electron chi connectivity index (χ2n) is 8.16. The molecule has 0 aliphatic carbocycles. The third-order valence-corrected chi connectivity index (χ3v) is 5.87. The summed E-state index contributed by atoms with van der Waals surface area (Å²) < 4.78 is 24.6. The lowest BCUT2D eigenvalue weighted by Crippen LogP contribution is -2.42. The summed E-state index contributed by atoms with van der Waals surface area (Å²) in [5.74, 6) is -0.238. The van der Waals surface area contributed by atoms with Crippen LogP contribution in [0.3, 0.4) is 0 Å². The van der Waals surface area contributed by atoms with E-state index in [4.69, 9.17) is 9.47 Å². The SMILES string of the molecule is COc1ccc(CN2C(=O)C(C#N)=C(C)/C(=C\c3ccc(OCc4ccccc4F)cc3)C2=O)cc1. The number of nitrogens with zero attached hydrogens (tertiary/aromatic N) is 2. The van der Waals surface area contributed by atoms with Crippen LogP contribution in [-0.4, -0.2) is 23.8 Å². The summed E-state index contributed by atoms with van der Waals surface area (Å²) in [6.07, 6.45) is 1.64. The molecule has 0 saturated carbocycles. The summed E-state index contributed by atoms with van der Waals surface area (Å²) in [5.41, 5.74) is 2.39. The number of methoxy groups -OCH3 is 1. The topological polar surface area (TPSA) is 79.6 Å². The summed E-state index contributed by atoms with van der Waals surface area (Å²) in [4.78, 5) is 27.3. The van der Waals surface area contributed by atoms with Crippen molar-refractivity contribution in [2.75, 3.05) is 7.11 Å². The summed E-state index contributed by atoms with van der Waals surface area (Å²) in [6, 6.07) is 22.3. The van der Waals surface area contributed by atoms with Crippen molar-refractivity contribution in [2.45, 2.75) is 20.1 Å².